The second-order valence-electron chi connectivity index (χ2n) is 8.49. The SMILES string of the molecule is CCNC(=NCC(O)c1ccc(OC(F)F)cc1)NC1C2CCOC2C12CCCC2. The molecular weight excluding hydrogens is 392 g/mol. The number of ether oxygens (including phenoxy) is 2. The van der Waals surface area contributed by atoms with Gasteiger partial charge in [0.05, 0.1) is 18.8 Å². The average molecular weight is 424 g/mol. The predicted octanol–water partition coefficient (Wildman–Crippen LogP) is 3.22. The van der Waals surface area contributed by atoms with E-state index >= 15 is 0 Å². The van der Waals surface area contributed by atoms with Gasteiger partial charge in [-0.15, -0.1) is 0 Å². The summed E-state index contributed by atoms with van der Waals surface area (Å²) in [6, 6.07) is 6.37. The summed E-state index contributed by atoms with van der Waals surface area (Å²) in [5.74, 6) is 1.30. The van der Waals surface area contributed by atoms with Gasteiger partial charge in [0.1, 0.15) is 5.75 Å². The zero-order chi connectivity index (χ0) is 21.1. The normalized spacial score (nSPS) is 28.3. The number of nitrogens with one attached hydrogen (secondary N) is 2. The smallest absolute Gasteiger partial charge is 0.387 e. The van der Waals surface area contributed by atoms with Crippen LogP contribution in [0.4, 0.5) is 8.78 Å². The van der Waals surface area contributed by atoms with E-state index in [0.717, 1.165) is 19.6 Å². The van der Waals surface area contributed by atoms with Crippen molar-refractivity contribution < 1.29 is 23.4 Å². The van der Waals surface area contributed by atoms with Crippen molar-refractivity contribution in [3.8, 4) is 5.75 Å². The summed E-state index contributed by atoms with van der Waals surface area (Å²) < 4.78 is 35.0. The molecule has 0 bridgehead atoms. The van der Waals surface area contributed by atoms with Gasteiger partial charge in [-0.05, 0) is 43.9 Å². The third-order valence-electron chi connectivity index (χ3n) is 6.83. The molecule has 0 aromatic heterocycles. The Morgan fingerprint density at radius 1 is 1.30 bits per heavy atom. The van der Waals surface area contributed by atoms with E-state index in [4.69, 9.17) is 4.74 Å². The van der Waals surface area contributed by atoms with Gasteiger partial charge in [0.15, 0.2) is 5.96 Å². The number of aliphatic imine (C=N–C) groups is 1. The largest absolute Gasteiger partial charge is 0.435 e. The molecule has 2 aliphatic carbocycles. The van der Waals surface area contributed by atoms with Gasteiger partial charge in [-0.25, -0.2) is 0 Å². The van der Waals surface area contributed by atoms with Gasteiger partial charge in [0.2, 0.25) is 0 Å². The van der Waals surface area contributed by atoms with Crippen LogP contribution < -0.4 is 15.4 Å². The van der Waals surface area contributed by atoms with E-state index in [2.05, 4.69) is 20.4 Å². The van der Waals surface area contributed by atoms with Crippen molar-refractivity contribution in [2.75, 3.05) is 19.7 Å². The van der Waals surface area contributed by atoms with Crippen LogP contribution in [0.25, 0.3) is 0 Å². The third-order valence-corrected chi connectivity index (χ3v) is 6.83. The monoisotopic (exact) mass is 423 g/mol. The number of hydrogen-bond donors (Lipinski definition) is 3. The van der Waals surface area contributed by atoms with Gasteiger partial charge in [0.25, 0.3) is 0 Å². The minimum Gasteiger partial charge on any atom is -0.435 e. The Kier molecular flexibility index (Phi) is 6.43. The van der Waals surface area contributed by atoms with Crippen molar-refractivity contribution in [1.82, 2.24) is 10.6 Å². The van der Waals surface area contributed by atoms with Gasteiger partial charge < -0.3 is 25.2 Å². The van der Waals surface area contributed by atoms with E-state index in [1.54, 1.807) is 12.1 Å². The van der Waals surface area contributed by atoms with Crippen molar-refractivity contribution in [3.63, 3.8) is 0 Å². The van der Waals surface area contributed by atoms with Gasteiger partial charge in [-0.2, -0.15) is 8.78 Å². The first-order chi connectivity index (χ1) is 14.5. The molecule has 3 N–H and O–H groups in total. The molecule has 1 aromatic rings. The fraction of sp³-hybridized carbons (Fsp3) is 0.682. The minimum absolute atomic E-state index is 0.0691. The molecule has 2 saturated carbocycles. The molecule has 0 amide bonds. The second-order valence-corrected chi connectivity index (χ2v) is 8.49. The van der Waals surface area contributed by atoms with Gasteiger partial charge >= 0.3 is 6.61 Å². The molecule has 4 atom stereocenters. The molecule has 4 rings (SSSR count). The Balaban J connectivity index is 1.40. The van der Waals surface area contributed by atoms with Crippen LogP contribution >= 0.6 is 0 Å². The van der Waals surface area contributed by atoms with Crippen LogP contribution in [0, 0.1) is 11.3 Å². The van der Waals surface area contributed by atoms with Crippen LogP contribution in [0.5, 0.6) is 5.75 Å². The maximum atomic E-state index is 12.3. The van der Waals surface area contributed by atoms with Crippen molar-refractivity contribution >= 4 is 5.96 Å². The molecule has 4 unspecified atom stereocenters. The summed E-state index contributed by atoms with van der Waals surface area (Å²) in [5.41, 5.74) is 0.827. The number of nitrogens with zero attached hydrogens (tertiary/aromatic N) is 1. The molecule has 1 saturated heterocycles. The lowest BCUT2D eigenvalue weighted by molar-refractivity contribution is -0.125. The first-order valence-electron chi connectivity index (χ1n) is 10.9. The molecule has 1 spiro atoms. The Morgan fingerprint density at radius 3 is 2.70 bits per heavy atom. The van der Waals surface area contributed by atoms with Crippen LogP contribution in [0.3, 0.4) is 0 Å². The maximum absolute atomic E-state index is 12.3. The van der Waals surface area contributed by atoms with Crippen LogP contribution in [0.1, 0.15) is 50.7 Å². The van der Waals surface area contributed by atoms with Crippen LogP contribution in [0.15, 0.2) is 29.3 Å². The quantitative estimate of drug-likeness (QED) is 0.464. The molecular formula is C22H31F2N3O3. The van der Waals surface area contributed by atoms with E-state index in [9.17, 15) is 13.9 Å². The number of fused-ring (bicyclic) bond motifs is 2. The molecule has 8 heteroatoms. The molecule has 1 heterocycles. The van der Waals surface area contributed by atoms with Crippen LogP contribution in [-0.4, -0.2) is 49.5 Å². The second kappa shape index (κ2) is 9.06. The maximum Gasteiger partial charge on any atom is 0.387 e. The third kappa shape index (κ3) is 4.12. The molecule has 3 fully saturated rings. The summed E-state index contributed by atoms with van der Waals surface area (Å²) in [5, 5.41) is 17.4. The summed E-state index contributed by atoms with van der Waals surface area (Å²) in [7, 11) is 0. The standard InChI is InChI=1S/C22H31F2N3O3/c1-2-25-21(26-13-17(28)14-5-7-15(8-6-14)30-20(23)24)27-18-16-9-12-29-19(16)22(18)10-3-4-11-22/h5-8,16-20,28H,2-4,9-13H2,1H3,(H2,25,26,27). The highest BCUT2D eigenvalue weighted by Crippen LogP contribution is 2.60. The van der Waals surface area contributed by atoms with Gasteiger partial charge in [0, 0.05) is 30.5 Å². The van der Waals surface area contributed by atoms with Crippen molar-refractivity contribution in [3.05, 3.63) is 29.8 Å². The summed E-state index contributed by atoms with van der Waals surface area (Å²) in [4.78, 5) is 4.60. The first-order valence-corrected chi connectivity index (χ1v) is 10.9. The Bertz CT molecular complexity index is 738. The number of guanidine groups is 1. The number of halogens is 2. The lowest BCUT2D eigenvalue weighted by atomic mass is 9.54. The van der Waals surface area contributed by atoms with Crippen molar-refractivity contribution in [2.24, 2.45) is 16.3 Å². The molecule has 1 aromatic carbocycles. The highest BCUT2D eigenvalue weighted by molar-refractivity contribution is 5.80. The molecule has 0 radical (unpaired) electrons. The molecule has 6 nitrogen and oxygen atoms in total. The summed E-state index contributed by atoms with van der Waals surface area (Å²) in [6.45, 7) is 0.898. The molecule has 1 aliphatic heterocycles. The summed E-state index contributed by atoms with van der Waals surface area (Å²) in [6.07, 6.45) is 5.52. The highest BCUT2D eigenvalue weighted by Gasteiger charge is 2.65. The highest BCUT2D eigenvalue weighted by atomic mass is 19.3. The zero-order valence-electron chi connectivity index (χ0n) is 17.3. The van der Waals surface area contributed by atoms with Crippen LogP contribution in [0.2, 0.25) is 0 Å². The van der Waals surface area contributed by atoms with Gasteiger partial charge in [-0.1, -0.05) is 25.0 Å². The predicted molar refractivity (Wildman–Crippen MR) is 110 cm³/mol. The van der Waals surface area contributed by atoms with E-state index in [0.29, 0.717) is 29.6 Å². The summed E-state index contributed by atoms with van der Waals surface area (Å²) >= 11 is 0. The molecule has 30 heavy (non-hydrogen) atoms. The average Bonchev–Trinajstić information content (AvgIpc) is 3.39. The van der Waals surface area contributed by atoms with E-state index in [-0.39, 0.29) is 17.7 Å². The first kappa shape index (κ1) is 21.3. The number of hydrogen-bond acceptors (Lipinski definition) is 4. The van der Waals surface area contributed by atoms with Crippen LogP contribution in [-0.2, 0) is 4.74 Å². The molecule has 3 aliphatic rings. The van der Waals surface area contributed by atoms with Gasteiger partial charge in [-0.3, -0.25) is 4.99 Å². The lowest BCUT2D eigenvalue weighted by Crippen LogP contribution is -2.69. The lowest BCUT2D eigenvalue weighted by Gasteiger charge is -2.57. The van der Waals surface area contributed by atoms with E-state index in [1.165, 1.54) is 37.8 Å². The Hall–Kier alpha value is -1.93. The van der Waals surface area contributed by atoms with E-state index < -0.39 is 12.7 Å². The van der Waals surface area contributed by atoms with E-state index in [1.807, 2.05) is 6.92 Å². The number of benzene rings is 1. The van der Waals surface area contributed by atoms with Crippen molar-refractivity contribution in [2.45, 2.75) is 63.9 Å². The fourth-order valence-corrected chi connectivity index (χ4v) is 5.53. The number of aliphatic hydroxyl groups excluding tert-OH is 1. The number of alkyl halides is 2. The fourth-order valence-electron chi connectivity index (χ4n) is 5.53. The Labute approximate surface area is 176 Å². The zero-order valence-corrected chi connectivity index (χ0v) is 17.3. The topological polar surface area (TPSA) is 75.1 Å². The Morgan fingerprint density at radius 2 is 2.03 bits per heavy atom. The number of rotatable bonds is 7. The number of aliphatic hydroxyl groups is 1. The minimum atomic E-state index is -2.86. The van der Waals surface area contributed by atoms with Crippen molar-refractivity contribution in [1.29, 1.82) is 0 Å². The molecule has 166 valence electrons.